The van der Waals surface area contributed by atoms with Gasteiger partial charge in [0.15, 0.2) is 0 Å². The van der Waals surface area contributed by atoms with Gasteiger partial charge in [0.2, 0.25) is 0 Å². The Bertz CT molecular complexity index is 514. The predicted octanol–water partition coefficient (Wildman–Crippen LogP) is 3.82. The maximum Gasteiger partial charge on any atom is 0.0673 e. The van der Waals surface area contributed by atoms with Gasteiger partial charge in [-0.05, 0) is 48.2 Å². The van der Waals surface area contributed by atoms with E-state index in [1.807, 2.05) is 11.3 Å². The first kappa shape index (κ1) is 14.1. The molecule has 1 atom stereocenters. The van der Waals surface area contributed by atoms with Crippen LogP contribution in [0.5, 0.6) is 0 Å². The Morgan fingerprint density at radius 1 is 1.16 bits per heavy atom. The molecule has 0 fully saturated rings. The number of hydrogen-bond acceptors (Lipinski definition) is 3. The summed E-state index contributed by atoms with van der Waals surface area (Å²) >= 11 is 1.83. The number of nitrogens with one attached hydrogen (secondary N) is 1. The van der Waals surface area contributed by atoms with Gasteiger partial charge in [-0.1, -0.05) is 19.1 Å². The van der Waals surface area contributed by atoms with E-state index >= 15 is 0 Å². The minimum absolute atomic E-state index is 0.307. The molecule has 19 heavy (non-hydrogen) atoms. The fourth-order valence-corrected chi connectivity index (χ4v) is 3.24. The minimum atomic E-state index is 0.307. The monoisotopic (exact) mass is 274 g/mol. The van der Waals surface area contributed by atoms with Crippen molar-refractivity contribution in [1.82, 2.24) is 5.32 Å². The van der Waals surface area contributed by atoms with Crippen LogP contribution in [0.25, 0.3) is 0 Å². The van der Waals surface area contributed by atoms with Crippen molar-refractivity contribution in [3.05, 3.63) is 51.7 Å². The van der Waals surface area contributed by atoms with Crippen molar-refractivity contribution >= 4 is 17.0 Å². The first-order chi connectivity index (χ1) is 9.13. The van der Waals surface area contributed by atoms with Crippen LogP contribution in [-0.4, -0.2) is 20.6 Å². The molecule has 1 heterocycles. The van der Waals surface area contributed by atoms with E-state index in [9.17, 15) is 0 Å². The first-order valence-corrected chi connectivity index (χ1v) is 7.56. The summed E-state index contributed by atoms with van der Waals surface area (Å²) < 4.78 is 0. The van der Waals surface area contributed by atoms with E-state index in [1.165, 1.54) is 21.7 Å². The summed E-state index contributed by atoms with van der Waals surface area (Å²) in [6.07, 6.45) is 0. The lowest BCUT2D eigenvalue weighted by atomic mass is 10.0. The molecule has 0 spiro atoms. The van der Waals surface area contributed by atoms with Crippen molar-refractivity contribution < 1.29 is 0 Å². The fraction of sp³-hybridized carbons (Fsp3) is 0.375. The van der Waals surface area contributed by atoms with E-state index in [0.717, 1.165) is 6.54 Å². The van der Waals surface area contributed by atoms with E-state index in [2.05, 4.69) is 73.9 Å². The lowest BCUT2D eigenvalue weighted by molar-refractivity contribution is 0.637. The molecule has 0 aliphatic heterocycles. The molecule has 1 N–H and O–H groups in total. The SMILES string of the molecule is CCNC(c1ccc(N(C)C)cc1)c1sccc1C. The molecule has 2 rings (SSSR count). The highest BCUT2D eigenvalue weighted by atomic mass is 32.1. The highest BCUT2D eigenvalue weighted by Gasteiger charge is 2.16. The van der Waals surface area contributed by atoms with Gasteiger partial charge in [-0.15, -0.1) is 11.3 Å². The number of nitrogens with zero attached hydrogens (tertiary/aromatic N) is 1. The third-order valence-corrected chi connectivity index (χ3v) is 4.40. The van der Waals surface area contributed by atoms with Crippen molar-refractivity contribution in [1.29, 1.82) is 0 Å². The molecule has 1 aromatic heterocycles. The van der Waals surface area contributed by atoms with Gasteiger partial charge in [0, 0.05) is 24.7 Å². The standard InChI is InChI=1S/C16H22N2S/c1-5-17-15(16-12(2)10-11-19-16)13-6-8-14(9-7-13)18(3)4/h6-11,15,17H,5H2,1-4H3. The molecule has 0 saturated carbocycles. The molecular weight excluding hydrogens is 252 g/mol. The predicted molar refractivity (Wildman–Crippen MR) is 85.3 cm³/mol. The zero-order chi connectivity index (χ0) is 13.8. The fourth-order valence-electron chi connectivity index (χ4n) is 2.21. The van der Waals surface area contributed by atoms with Crippen molar-refractivity contribution in [2.75, 3.05) is 25.5 Å². The maximum atomic E-state index is 3.59. The lowest BCUT2D eigenvalue weighted by Gasteiger charge is -2.20. The average Bonchev–Trinajstić information content (AvgIpc) is 2.82. The van der Waals surface area contributed by atoms with E-state index < -0.39 is 0 Å². The van der Waals surface area contributed by atoms with Crippen molar-refractivity contribution in [2.45, 2.75) is 19.9 Å². The zero-order valence-electron chi connectivity index (χ0n) is 12.1. The van der Waals surface area contributed by atoms with Gasteiger partial charge in [-0.3, -0.25) is 0 Å². The normalized spacial score (nSPS) is 12.4. The van der Waals surface area contributed by atoms with Crippen LogP contribution in [-0.2, 0) is 0 Å². The van der Waals surface area contributed by atoms with Crippen LogP contribution in [0.4, 0.5) is 5.69 Å². The van der Waals surface area contributed by atoms with Crippen LogP contribution < -0.4 is 10.2 Å². The van der Waals surface area contributed by atoms with Crippen molar-refractivity contribution in [3.63, 3.8) is 0 Å². The van der Waals surface area contributed by atoms with Gasteiger partial charge in [0.25, 0.3) is 0 Å². The molecular formula is C16H22N2S. The summed E-state index contributed by atoms with van der Waals surface area (Å²) in [7, 11) is 4.14. The van der Waals surface area contributed by atoms with E-state index in [1.54, 1.807) is 0 Å². The van der Waals surface area contributed by atoms with Crippen LogP contribution in [0.15, 0.2) is 35.7 Å². The Morgan fingerprint density at radius 3 is 2.32 bits per heavy atom. The first-order valence-electron chi connectivity index (χ1n) is 6.68. The largest absolute Gasteiger partial charge is 0.378 e. The van der Waals surface area contributed by atoms with Crippen molar-refractivity contribution in [2.24, 2.45) is 0 Å². The Labute approximate surface area is 120 Å². The average molecular weight is 274 g/mol. The van der Waals surface area contributed by atoms with Crippen LogP contribution >= 0.6 is 11.3 Å². The molecule has 102 valence electrons. The number of aryl methyl sites for hydroxylation is 1. The third-order valence-electron chi connectivity index (χ3n) is 3.31. The molecule has 0 saturated heterocycles. The van der Waals surface area contributed by atoms with Crippen LogP contribution in [0.1, 0.15) is 29.0 Å². The Morgan fingerprint density at radius 2 is 1.84 bits per heavy atom. The molecule has 2 nitrogen and oxygen atoms in total. The number of benzene rings is 1. The molecule has 0 amide bonds. The van der Waals surface area contributed by atoms with Gasteiger partial charge in [0.05, 0.1) is 6.04 Å². The molecule has 0 aliphatic carbocycles. The van der Waals surface area contributed by atoms with Gasteiger partial charge in [0.1, 0.15) is 0 Å². The van der Waals surface area contributed by atoms with Crippen LogP contribution in [0, 0.1) is 6.92 Å². The van der Waals surface area contributed by atoms with Gasteiger partial charge in [-0.25, -0.2) is 0 Å². The molecule has 0 radical (unpaired) electrons. The van der Waals surface area contributed by atoms with Crippen LogP contribution in [0.2, 0.25) is 0 Å². The minimum Gasteiger partial charge on any atom is -0.378 e. The summed E-state index contributed by atoms with van der Waals surface area (Å²) in [5.74, 6) is 0. The summed E-state index contributed by atoms with van der Waals surface area (Å²) in [5.41, 5.74) is 3.94. The topological polar surface area (TPSA) is 15.3 Å². The second-order valence-electron chi connectivity index (χ2n) is 4.94. The molecule has 3 heteroatoms. The molecule has 0 bridgehead atoms. The second kappa shape index (κ2) is 6.22. The summed E-state index contributed by atoms with van der Waals surface area (Å²) in [4.78, 5) is 3.54. The van der Waals surface area contributed by atoms with E-state index in [4.69, 9.17) is 0 Å². The molecule has 1 unspecified atom stereocenters. The van der Waals surface area contributed by atoms with Crippen LogP contribution in [0.3, 0.4) is 0 Å². The number of thiophene rings is 1. The quantitative estimate of drug-likeness (QED) is 0.891. The highest BCUT2D eigenvalue weighted by Crippen LogP contribution is 2.30. The smallest absolute Gasteiger partial charge is 0.0673 e. The van der Waals surface area contributed by atoms with Gasteiger partial charge >= 0.3 is 0 Å². The third kappa shape index (κ3) is 3.17. The maximum absolute atomic E-state index is 3.59. The Kier molecular flexibility index (Phi) is 4.61. The zero-order valence-corrected chi connectivity index (χ0v) is 12.9. The molecule has 1 aromatic carbocycles. The number of rotatable bonds is 5. The second-order valence-corrected chi connectivity index (χ2v) is 5.89. The number of anilines is 1. The summed E-state index contributed by atoms with van der Waals surface area (Å²) in [6, 6.07) is 11.3. The summed E-state index contributed by atoms with van der Waals surface area (Å²) in [5, 5.41) is 5.76. The highest BCUT2D eigenvalue weighted by molar-refractivity contribution is 7.10. The molecule has 2 aromatic rings. The van der Waals surface area contributed by atoms with E-state index in [0.29, 0.717) is 6.04 Å². The number of hydrogen-bond donors (Lipinski definition) is 1. The summed E-state index contributed by atoms with van der Waals surface area (Å²) in [6.45, 7) is 5.31. The van der Waals surface area contributed by atoms with Gasteiger partial charge in [-0.2, -0.15) is 0 Å². The lowest BCUT2D eigenvalue weighted by Crippen LogP contribution is -2.21. The van der Waals surface area contributed by atoms with Gasteiger partial charge < -0.3 is 10.2 Å². The van der Waals surface area contributed by atoms with E-state index in [-0.39, 0.29) is 0 Å². The Balaban J connectivity index is 2.31. The molecule has 0 aliphatic rings. The Hall–Kier alpha value is -1.32. The van der Waals surface area contributed by atoms with Crippen molar-refractivity contribution in [3.8, 4) is 0 Å².